The van der Waals surface area contributed by atoms with E-state index >= 15 is 0 Å². The molecule has 0 saturated carbocycles. The maximum atomic E-state index is 12.1. The molecule has 0 aliphatic carbocycles. The zero-order chi connectivity index (χ0) is 11.5. The molecule has 1 aromatic heterocycles. The Labute approximate surface area is 102 Å². The van der Waals surface area contributed by atoms with Gasteiger partial charge in [0.1, 0.15) is 0 Å². The molecule has 2 rings (SSSR count). The van der Waals surface area contributed by atoms with E-state index in [0.717, 1.165) is 16.0 Å². The molecule has 16 heavy (non-hydrogen) atoms. The molecule has 0 aliphatic heterocycles. The molecule has 2 nitrogen and oxygen atoms in total. The molecule has 1 aromatic carbocycles. The van der Waals surface area contributed by atoms with Crippen molar-refractivity contribution in [3.8, 4) is 0 Å². The van der Waals surface area contributed by atoms with Crippen molar-refractivity contribution < 1.29 is 4.21 Å². The van der Waals surface area contributed by atoms with E-state index in [-0.39, 0.29) is 0 Å². The molecule has 0 fully saturated rings. The van der Waals surface area contributed by atoms with Crippen LogP contribution in [0.3, 0.4) is 0 Å². The fourth-order valence-electron chi connectivity index (χ4n) is 1.46. The Kier molecular flexibility index (Phi) is 3.41. The smallest absolute Gasteiger partial charge is 0.0623 e. The zero-order valence-electron chi connectivity index (χ0n) is 8.97. The van der Waals surface area contributed by atoms with E-state index in [1.165, 1.54) is 0 Å². The highest BCUT2D eigenvalue weighted by Gasteiger charge is 2.10. The molecule has 0 saturated heterocycles. The lowest BCUT2D eigenvalue weighted by Gasteiger charge is -2.07. The number of rotatable bonds is 3. The number of anilines is 1. The van der Waals surface area contributed by atoms with Crippen LogP contribution in [0.25, 0.3) is 0 Å². The summed E-state index contributed by atoms with van der Waals surface area (Å²) in [6.45, 7) is 1.93. The second-order valence-corrected chi connectivity index (χ2v) is 5.81. The monoisotopic (exact) mass is 251 g/mol. The minimum Gasteiger partial charge on any atom is -0.398 e. The minimum atomic E-state index is -1.05. The van der Waals surface area contributed by atoms with E-state index in [1.807, 2.05) is 41.9 Å². The van der Waals surface area contributed by atoms with Gasteiger partial charge < -0.3 is 5.73 Å². The van der Waals surface area contributed by atoms with Crippen LogP contribution in [0.4, 0.5) is 5.69 Å². The average Bonchev–Trinajstić information content (AvgIpc) is 2.74. The number of aryl methyl sites for hydroxylation is 1. The van der Waals surface area contributed by atoms with Crippen LogP contribution in [0.5, 0.6) is 0 Å². The van der Waals surface area contributed by atoms with Gasteiger partial charge in [0.2, 0.25) is 0 Å². The lowest BCUT2D eigenvalue weighted by Crippen LogP contribution is -2.01. The Morgan fingerprint density at radius 3 is 2.88 bits per heavy atom. The highest BCUT2D eigenvalue weighted by atomic mass is 32.2. The maximum absolute atomic E-state index is 12.1. The standard InChI is InChI=1S/C12H13NOS2/c1-9-3-2-4-11(12(9)13)16(14)8-10-5-6-15-7-10/h2-7H,8,13H2,1H3. The molecule has 0 spiro atoms. The molecule has 84 valence electrons. The van der Waals surface area contributed by atoms with Crippen LogP contribution in [0.1, 0.15) is 11.1 Å². The molecule has 1 atom stereocenters. The molecule has 0 aliphatic rings. The van der Waals surface area contributed by atoms with Gasteiger partial charge in [-0.25, -0.2) is 0 Å². The first-order valence-corrected chi connectivity index (χ1v) is 7.19. The molecule has 0 radical (unpaired) electrons. The third-order valence-electron chi connectivity index (χ3n) is 2.41. The van der Waals surface area contributed by atoms with Crippen LogP contribution in [-0.4, -0.2) is 4.21 Å². The van der Waals surface area contributed by atoms with Gasteiger partial charge in [-0.1, -0.05) is 12.1 Å². The Morgan fingerprint density at radius 1 is 1.38 bits per heavy atom. The van der Waals surface area contributed by atoms with Gasteiger partial charge in [-0.3, -0.25) is 4.21 Å². The van der Waals surface area contributed by atoms with E-state index in [2.05, 4.69) is 0 Å². The Bertz CT molecular complexity index is 506. The summed E-state index contributed by atoms with van der Waals surface area (Å²) in [6, 6.07) is 7.66. The molecule has 4 heteroatoms. The van der Waals surface area contributed by atoms with Gasteiger partial charge in [-0.15, -0.1) is 0 Å². The van der Waals surface area contributed by atoms with Crippen LogP contribution >= 0.6 is 11.3 Å². The number of hydrogen-bond acceptors (Lipinski definition) is 3. The fourth-order valence-corrected chi connectivity index (χ4v) is 3.50. The van der Waals surface area contributed by atoms with Crippen LogP contribution in [0.15, 0.2) is 39.9 Å². The van der Waals surface area contributed by atoms with E-state index in [1.54, 1.807) is 11.3 Å². The molecule has 0 amide bonds. The van der Waals surface area contributed by atoms with Crippen molar-refractivity contribution in [2.75, 3.05) is 5.73 Å². The lowest BCUT2D eigenvalue weighted by molar-refractivity contribution is 0.683. The number of para-hydroxylation sites is 1. The van der Waals surface area contributed by atoms with Gasteiger partial charge in [0.25, 0.3) is 0 Å². The third kappa shape index (κ3) is 2.33. The quantitative estimate of drug-likeness (QED) is 0.852. The topological polar surface area (TPSA) is 43.1 Å². The molecule has 0 bridgehead atoms. The summed E-state index contributed by atoms with van der Waals surface area (Å²) < 4.78 is 12.1. The summed E-state index contributed by atoms with van der Waals surface area (Å²) in [5, 5.41) is 4.01. The van der Waals surface area contributed by atoms with Crippen LogP contribution in [0, 0.1) is 6.92 Å². The van der Waals surface area contributed by atoms with E-state index in [4.69, 9.17) is 5.73 Å². The zero-order valence-corrected chi connectivity index (χ0v) is 10.6. The largest absolute Gasteiger partial charge is 0.398 e. The second-order valence-electron chi connectivity index (χ2n) is 3.61. The number of nitrogen functional groups attached to an aromatic ring is 1. The first-order valence-electron chi connectivity index (χ1n) is 4.93. The predicted octanol–water partition coefficient (Wildman–Crippen LogP) is 2.95. The second kappa shape index (κ2) is 4.80. The minimum absolute atomic E-state index is 0.539. The maximum Gasteiger partial charge on any atom is 0.0623 e. The number of thiophene rings is 1. The first-order chi connectivity index (χ1) is 7.68. The van der Waals surface area contributed by atoms with E-state index in [9.17, 15) is 4.21 Å². The van der Waals surface area contributed by atoms with Crippen molar-refractivity contribution in [1.82, 2.24) is 0 Å². The molecular weight excluding hydrogens is 238 g/mol. The van der Waals surface area contributed by atoms with Crippen molar-refractivity contribution >= 4 is 27.8 Å². The van der Waals surface area contributed by atoms with Crippen LogP contribution < -0.4 is 5.73 Å². The summed E-state index contributed by atoms with van der Waals surface area (Å²) >= 11 is 1.62. The van der Waals surface area contributed by atoms with Gasteiger partial charge in [0.15, 0.2) is 0 Å². The van der Waals surface area contributed by atoms with Gasteiger partial charge in [0, 0.05) is 0 Å². The Hall–Kier alpha value is -1.13. The average molecular weight is 251 g/mol. The van der Waals surface area contributed by atoms with Crippen molar-refractivity contribution in [3.05, 3.63) is 46.2 Å². The van der Waals surface area contributed by atoms with E-state index in [0.29, 0.717) is 11.4 Å². The van der Waals surface area contributed by atoms with Crippen molar-refractivity contribution in [3.63, 3.8) is 0 Å². The van der Waals surface area contributed by atoms with Crippen molar-refractivity contribution in [2.45, 2.75) is 17.6 Å². The highest BCUT2D eigenvalue weighted by molar-refractivity contribution is 7.84. The van der Waals surface area contributed by atoms with Gasteiger partial charge in [-0.05, 0) is 40.9 Å². The molecule has 2 aromatic rings. The molecule has 1 unspecified atom stereocenters. The first kappa shape index (κ1) is 11.4. The predicted molar refractivity (Wildman–Crippen MR) is 70.0 cm³/mol. The Balaban J connectivity index is 2.24. The summed E-state index contributed by atoms with van der Waals surface area (Å²) in [7, 11) is -1.05. The van der Waals surface area contributed by atoms with Gasteiger partial charge in [-0.2, -0.15) is 11.3 Å². The van der Waals surface area contributed by atoms with Gasteiger partial charge in [0.05, 0.1) is 27.1 Å². The van der Waals surface area contributed by atoms with Gasteiger partial charge >= 0.3 is 0 Å². The number of hydrogen-bond donors (Lipinski definition) is 1. The number of nitrogens with two attached hydrogens (primary N) is 1. The molecular formula is C12H13NOS2. The van der Waals surface area contributed by atoms with Crippen LogP contribution in [0.2, 0.25) is 0 Å². The van der Waals surface area contributed by atoms with Crippen LogP contribution in [-0.2, 0) is 16.6 Å². The summed E-state index contributed by atoms with van der Waals surface area (Å²) in [6.07, 6.45) is 0. The van der Waals surface area contributed by atoms with Crippen molar-refractivity contribution in [1.29, 1.82) is 0 Å². The molecule has 2 N–H and O–H groups in total. The lowest BCUT2D eigenvalue weighted by atomic mass is 10.2. The number of benzene rings is 1. The Morgan fingerprint density at radius 2 is 2.19 bits per heavy atom. The van der Waals surface area contributed by atoms with E-state index < -0.39 is 10.8 Å². The summed E-state index contributed by atoms with van der Waals surface area (Å²) in [5.74, 6) is 0.539. The fraction of sp³-hybridized carbons (Fsp3) is 0.167. The molecule has 1 heterocycles. The SMILES string of the molecule is Cc1cccc(S(=O)Cc2ccsc2)c1N. The highest BCUT2D eigenvalue weighted by Crippen LogP contribution is 2.22. The third-order valence-corrected chi connectivity index (χ3v) is 4.58. The normalized spacial score (nSPS) is 12.6. The summed E-state index contributed by atoms with van der Waals surface area (Å²) in [4.78, 5) is 0.742. The van der Waals surface area contributed by atoms with Crippen molar-refractivity contribution in [2.24, 2.45) is 0 Å². The summed E-state index contributed by atoms with van der Waals surface area (Å²) in [5.41, 5.74) is 8.65.